The third kappa shape index (κ3) is 2.69. The van der Waals surface area contributed by atoms with Crippen molar-refractivity contribution < 1.29 is 0 Å². The summed E-state index contributed by atoms with van der Waals surface area (Å²) in [6.45, 7) is 4.29. The molecule has 6 heteroatoms. The first-order valence-electron chi connectivity index (χ1n) is 5.78. The summed E-state index contributed by atoms with van der Waals surface area (Å²) in [6.07, 6.45) is 4.48. The zero-order valence-corrected chi connectivity index (χ0v) is 12.3. The minimum Gasteiger partial charge on any atom is -0.383 e. The van der Waals surface area contributed by atoms with Crippen molar-refractivity contribution in [1.29, 1.82) is 0 Å². The molecule has 0 amide bonds. The van der Waals surface area contributed by atoms with Gasteiger partial charge in [0, 0.05) is 13.2 Å². The van der Waals surface area contributed by atoms with Crippen molar-refractivity contribution in [3.63, 3.8) is 0 Å². The number of aryl methyl sites for hydroxylation is 1. The first-order valence-corrected chi connectivity index (χ1v) is 6.57. The molecule has 2 aromatic rings. The van der Waals surface area contributed by atoms with Crippen LogP contribution >= 0.6 is 15.9 Å². The van der Waals surface area contributed by atoms with E-state index in [0.29, 0.717) is 17.6 Å². The molecule has 0 atom stereocenters. The Labute approximate surface area is 115 Å². The van der Waals surface area contributed by atoms with Gasteiger partial charge >= 0.3 is 0 Å². The fraction of sp³-hybridized carbons (Fsp3) is 0.417. The lowest BCUT2D eigenvalue weighted by Crippen LogP contribution is -2.05. The fourth-order valence-corrected chi connectivity index (χ4v) is 2.04. The second-order valence-electron chi connectivity index (χ2n) is 4.69. The highest BCUT2D eigenvalue weighted by Gasteiger charge is 2.13. The van der Waals surface area contributed by atoms with E-state index >= 15 is 0 Å². The zero-order valence-electron chi connectivity index (χ0n) is 10.7. The zero-order chi connectivity index (χ0) is 13.3. The molecule has 0 bridgehead atoms. The molecule has 0 spiro atoms. The third-order valence-corrected chi connectivity index (χ3v) is 3.37. The van der Waals surface area contributed by atoms with Crippen molar-refractivity contribution in [3.8, 4) is 11.4 Å². The Hall–Kier alpha value is -1.43. The van der Waals surface area contributed by atoms with Crippen LogP contribution in [0.2, 0.25) is 0 Å². The Morgan fingerprint density at radius 3 is 2.67 bits per heavy atom. The molecule has 0 unspecified atom stereocenters. The largest absolute Gasteiger partial charge is 0.383 e. The average Bonchev–Trinajstić information content (AvgIpc) is 2.70. The SMILES string of the molecule is CC(C)Cc1nc(-c2cnn(C)c2)nc(N)c1Br. The maximum Gasteiger partial charge on any atom is 0.165 e. The molecule has 0 aromatic carbocycles. The number of hydrogen-bond acceptors (Lipinski definition) is 4. The Balaban J connectivity index is 2.46. The Morgan fingerprint density at radius 1 is 1.39 bits per heavy atom. The average molecular weight is 310 g/mol. The topological polar surface area (TPSA) is 69.6 Å². The van der Waals surface area contributed by atoms with Gasteiger partial charge < -0.3 is 5.73 Å². The summed E-state index contributed by atoms with van der Waals surface area (Å²) in [5.74, 6) is 1.61. The molecule has 5 nitrogen and oxygen atoms in total. The minimum absolute atomic E-state index is 0.472. The molecule has 0 aliphatic rings. The molecule has 0 saturated carbocycles. The van der Waals surface area contributed by atoms with Crippen LogP contribution in [0.1, 0.15) is 19.5 Å². The summed E-state index contributed by atoms with van der Waals surface area (Å²) in [5.41, 5.74) is 7.73. The quantitative estimate of drug-likeness (QED) is 0.945. The van der Waals surface area contributed by atoms with E-state index in [4.69, 9.17) is 5.73 Å². The molecule has 2 rings (SSSR count). The Bertz CT molecular complexity index is 562. The predicted molar refractivity (Wildman–Crippen MR) is 74.9 cm³/mol. The van der Waals surface area contributed by atoms with E-state index in [2.05, 4.69) is 44.8 Å². The molecule has 0 radical (unpaired) electrons. The maximum absolute atomic E-state index is 5.92. The van der Waals surface area contributed by atoms with E-state index in [-0.39, 0.29) is 0 Å². The molecule has 0 fully saturated rings. The first-order chi connectivity index (χ1) is 8.47. The lowest BCUT2D eigenvalue weighted by Gasteiger charge is -2.09. The van der Waals surface area contributed by atoms with Crippen LogP contribution < -0.4 is 5.73 Å². The summed E-state index contributed by atoms with van der Waals surface area (Å²) >= 11 is 3.45. The van der Waals surface area contributed by atoms with Crippen molar-refractivity contribution in [3.05, 3.63) is 22.6 Å². The lowest BCUT2D eigenvalue weighted by molar-refractivity contribution is 0.633. The number of anilines is 1. The summed E-state index contributed by atoms with van der Waals surface area (Å²) in [7, 11) is 1.86. The number of rotatable bonds is 3. The van der Waals surface area contributed by atoms with Gasteiger partial charge in [0.05, 0.1) is 21.9 Å². The van der Waals surface area contributed by atoms with Crippen molar-refractivity contribution >= 4 is 21.7 Å². The number of halogens is 1. The lowest BCUT2D eigenvalue weighted by atomic mass is 10.1. The second kappa shape index (κ2) is 5.06. The smallest absolute Gasteiger partial charge is 0.165 e. The van der Waals surface area contributed by atoms with E-state index < -0.39 is 0 Å². The fourth-order valence-electron chi connectivity index (χ4n) is 1.70. The summed E-state index contributed by atoms with van der Waals surface area (Å²) in [6, 6.07) is 0. The van der Waals surface area contributed by atoms with Crippen molar-refractivity contribution in [2.45, 2.75) is 20.3 Å². The first kappa shape index (κ1) is 13.0. The Kier molecular flexibility index (Phi) is 3.65. The number of aromatic nitrogens is 4. The van der Waals surface area contributed by atoms with Gasteiger partial charge in [-0.3, -0.25) is 4.68 Å². The molecular weight excluding hydrogens is 294 g/mol. The van der Waals surface area contributed by atoms with Gasteiger partial charge in [-0.25, -0.2) is 9.97 Å². The molecule has 2 heterocycles. The van der Waals surface area contributed by atoms with Crippen LogP contribution in [0.4, 0.5) is 5.82 Å². The van der Waals surface area contributed by atoms with Crippen molar-refractivity contribution in [2.75, 3.05) is 5.73 Å². The van der Waals surface area contributed by atoms with Gasteiger partial charge in [-0.15, -0.1) is 0 Å². The Morgan fingerprint density at radius 2 is 2.11 bits per heavy atom. The van der Waals surface area contributed by atoms with Gasteiger partial charge in [-0.2, -0.15) is 5.10 Å². The molecule has 2 N–H and O–H groups in total. The van der Waals surface area contributed by atoms with Gasteiger partial charge in [-0.05, 0) is 28.3 Å². The van der Waals surface area contributed by atoms with Gasteiger partial charge in [0.2, 0.25) is 0 Å². The number of hydrogen-bond donors (Lipinski definition) is 1. The van der Waals surface area contributed by atoms with E-state index in [1.165, 1.54) is 0 Å². The van der Waals surface area contributed by atoms with Gasteiger partial charge in [0.25, 0.3) is 0 Å². The van der Waals surface area contributed by atoms with E-state index in [1.54, 1.807) is 10.9 Å². The predicted octanol–water partition coefficient (Wildman–Crippen LogP) is 2.42. The highest BCUT2D eigenvalue weighted by molar-refractivity contribution is 9.10. The van der Waals surface area contributed by atoms with E-state index in [0.717, 1.165) is 22.2 Å². The maximum atomic E-state index is 5.92. The van der Waals surface area contributed by atoms with Crippen molar-refractivity contribution in [1.82, 2.24) is 19.7 Å². The highest BCUT2D eigenvalue weighted by atomic mass is 79.9. The van der Waals surface area contributed by atoms with Crippen LogP contribution in [-0.2, 0) is 13.5 Å². The van der Waals surface area contributed by atoms with Crippen LogP contribution in [0.5, 0.6) is 0 Å². The van der Waals surface area contributed by atoms with Crippen LogP contribution in [0.15, 0.2) is 16.9 Å². The summed E-state index contributed by atoms with van der Waals surface area (Å²) in [4.78, 5) is 8.86. The third-order valence-electron chi connectivity index (χ3n) is 2.51. The molecule has 96 valence electrons. The molecule has 0 aliphatic heterocycles. The monoisotopic (exact) mass is 309 g/mol. The number of nitrogens with zero attached hydrogens (tertiary/aromatic N) is 4. The van der Waals surface area contributed by atoms with Gasteiger partial charge in [0.1, 0.15) is 5.82 Å². The van der Waals surface area contributed by atoms with Crippen molar-refractivity contribution in [2.24, 2.45) is 13.0 Å². The van der Waals surface area contributed by atoms with E-state index in [9.17, 15) is 0 Å². The number of nitrogen functional groups attached to an aromatic ring is 1. The standard InChI is InChI=1S/C12H16BrN5/c1-7(2)4-9-10(13)11(14)17-12(16-9)8-5-15-18(3)6-8/h5-7H,4H2,1-3H3,(H2,14,16,17). The normalized spacial score (nSPS) is 11.2. The summed E-state index contributed by atoms with van der Waals surface area (Å²) in [5, 5.41) is 4.12. The minimum atomic E-state index is 0.472. The number of nitrogens with two attached hydrogens (primary N) is 1. The van der Waals surface area contributed by atoms with E-state index in [1.807, 2.05) is 13.2 Å². The molecule has 0 aliphatic carbocycles. The molecule has 18 heavy (non-hydrogen) atoms. The highest BCUT2D eigenvalue weighted by Crippen LogP contribution is 2.26. The van der Waals surface area contributed by atoms with Gasteiger partial charge in [0.15, 0.2) is 5.82 Å². The summed E-state index contributed by atoms with van der Waals surface area (Å²) < 4.78 is 2.52. The van der Waals surface area contributed by atoms with Crippen LogP contribution in [-0.4, -0.2) is 19.7 Å². The van der Waals surface area contributed by atoms with Crippen LogP contribution in [0.3, 0.4) is 0 Å². The van der Waals surface area contributed by atoms with Crippen LogP contribution in [0, 0.1) is 5.92 Å². The van der Waals surface area contributed by atoms with Gasteiger partial charge in [-0.1, -0.05) is 13.8 Å². The molecular formula is C12H16BrN5. The molecule has 2 aromatic heterocycles. The molecule has 0 saturated heterocycles. The second-order valence-corrected chi connectivity index (χ2v) is 5.49. The van der Waals surface area contributed by atoms with Crippen LogP contribution in [0.25, 0.3) is 11.4 Å².